The third-order valence-electron chi connectivity index (χ3n) is 3.68. The fourth-order valence-corrected chi connectivity index (χ4v) is 3.41. The van der Waals surface area contributed by atoms with Crippen LogP contribution in [0.25, 0.3) is 0 Å². The van der Waals surface area contributed by atoms with Crippen LogP contribution < -0.4 is 5.32 Å². The lowest BCUT2D eigenvalue weighted by Gasteiger charge is -2.19. The maximum atomic E-state index is 6.14. The van der Waals surface area contributed by atoms with Crippen LogP contribution in [0, 0.1) is 20.8 Å². The monoisotopic (exact) mass is 322 g/mol. The van der Waals surface area contributed by atoms with Gasteiger partial charge in [-0.1, -0.05) is 30.7 Å². The van der Waals surface area contributed by atoms with E-state index in [0.29, 0.717) is 6.04 Å². The summed E-state index contributed by atoms with van der Waals surface area (Å²) in [5.41, 5.74) is 3.57. The summed E-state index contributed by atoms with van der Waals surface area (Å²) in [5, 5.41) is 5.66. The van der Waals surface area contributed by atoms with Gasteiger partial charge < -0.3 is 5.32 Å². The Hall–Kier alpha value is -0.900. The van der Waals surface area contributed by atoms with E-state index in [-0.39, 0.29) is 0 Å². The predicted molar refractivity (Wildman–Crippen MR) is 92.5 cm³/mol. The van der Waals surface area contributed by atoms with Gasteiger partial charge in [-0.15, -0.1) is 11.3 Å². The highest BCUT2D eigenvalue weighted by Gasteiger charge is 2.15. The summed E-state index contributed by atoms with van der Waals surface area (Å²) in [6.45, 7) is 9.47. The number of thiazole rings is 1. The van der Waals surface area contributed by atoms with Gasteiger partial charge in [0.2, 0.25) is 0 Å². The van der Waals surface area contributed by atoms with Crippen LogP contribution in [-0.2, 0) is 6.42 Å². The van der Waals surface area contributed by atoms with Gasteiger partial charge in [0, 0.05) is 22.4 Å². The van der Waals surface area contributed by atoms with Gasteiger partial charge in [-0.2, -0.15) is 0 Å². The predicted octanol–water partition coefficient (Wildman–Crippen LogP) is 5.01. The van der Waals surface area contributed by atoms with Gasteiger partial charge in [0.05, 0.1) is 10.7 Å². The van der Waals surface area contributed by atoms with Crippen LogP contribution in [0.5, 0.6) is 0 Å². The van der Waals surface area contributed by atoms with Crippen molar-refractivity contribution in [2.45, 2.75) is 46.6 Å². The Morgan fingerprint density at radius 2 is 2.05 bits per heavy atom. The summed E-state index contributed by atoms with van der Waals surface area (Å²) in [4.78, 5) is 5.99. The van der Waals surface area contributed by atoms with Crippen LogP contribution in [-0.4, -0.2) is 11.5 Å². The Morgan fingerprint density at radius 1 is 1.29 bits per heavy atom. The zero-order valence-corrected chi connectivity index (χ0v) is 14.7. The van der Waals surface area contributed by atoms with Gasteiger partial charge in [-0.25, -0.2) is 4.98 Å². The Labute approximate surface area is 136 Å². The highest BCUT2D eigenvalue weighted by Crippen LogP contribution is 2.26. The lowest BCUT2D eigenvalue weighted by atomic mass is 10.0. The van der Waals surface area contributed by atoms with Gasteiger partial charge in [0.25, 0.3) is 0 Å². The minimum Gasteiger partial charge on any atom is -0.310 e. The van der Waals surface area contributed by atoms with Gasteiger partial charge in [-0.3, -0.25) is 0 Å². The second-order valence-corrected chi connectivity index (χ2v) is 7.16. The summed E-state index contributed by atoms with van der Waals surface area (Å²) in [5.74, 6) is 0. The third kappa shape index (κ3) is 4.29. The van der Waals surface area contributed by atoms with Crippen molar-refractivity contribution in [3.63, 3.8) is 0 Å². The van der Waals surface area contributed by atoms with E-state index in [1.165, 1.54) is 15.4 Å². The minimum absolute atomic E-state index is 0.297. The fourth-order valence-electron chi connectivity index (χ4n) is 2.31. The molecule has 0 fully saturated rings. The van der Waals surface area contributed by atoms with Gasteiger partial charge >= 0.3 is 0 Å². The van der Waals surface area contributed by atoms with Gasteiger partial charge in [0.15, 0.2) is 0 Å². The molecule has 0 saturated carbocycles. The first-order valence-electron chi connectivity index (χ1n) is 7.43. The lowest BCUT2D eigenvalue weighted by molar-refractivity contribution is 0.528. The SMILES string of the molecule is CCCNC(Cc1nc(C)c(C)s1)c1ccc(Cl)c(C)c1. The van der Waals surface area contributed by atoms with Crippen molar-refractivity contribution < 1.29 is 0 Å². The average Bonchev–Trinajstić information content (AvgIpc) is 2.76. The lowest BCUT2D eigenvalue weighted by Crippen LogP contribution is -2.24. The van der Waals surface area contributed by atoms with Crippen molar-refractivity contribution >= 4 is 22.9 Å². The molecule has 21 heavy (non-hydrogen) atoms. The number of nitrogens with one attached hydrogen (secondary N) is 1. The third-order valence-corrected chi connectivity index (χ3v) is 5.20. The quantitative estimate of drug-likeness (QED) is 0.809. The molecule has 0 amide bonds. The van der Waals surface area contributed by atoms with E-state index in [2.05, 4.69) is 50.1 Å². The number of nitrogens with zero attached hydrogens (tertiary/aromatic N) is 1. The van der Waals surface area contributed by atoms with E-state index < -0.39 is 0 Å². The van der Waals surface area contributed by atoms with E-state index in [1.54, 1.807) is 11.3 Å². The van der Waals surface area contributed by atoms with Crippen molar-refractivity contribution in [1.29, 1.82) is 0 Å². The second kappa shape index (κ2) is 7.39. The smallest absolute Gasteiger partial charge is 0.0949 e. The van der Waals surface area contributed by atoms with Gasteiger partial charge in [-0.05, 0) is 50.9 Å². The molecule has 1 N–H and O–H groups in total. The number of rotatable bonds is 6. The summed E-state index contributed by atoms with van der Waals surface area (Å²) in [6.07, 6.45) is 2.05. The first kappa shape index (κ1) is 16.5. The molecule has 1 aromatic carbocycles. The molecular weight excluding hydrogens is 300 g/mol. The molecule has 0 aliphatic heterocycles. The topological polar surface area (TPSA) is 24.9 Å². The minimum atomic E-state index is 0.297. The van der Waals surface area contributed by atoms with E-state index in [9.17, 15) is 0 Å². The molecule has 1 unspecified atom stereocenters. The zero-order chi connectivity index (χ0) is 15.4. The van der Waals surface area contributed by atoms with E-state index in [0.717, 1.165) is 35.7 Å². The molecule has 0 saturated heterocycles. The number of aromatic nitrogens is 1. The van der Waals surface area contributed by atoms with E-state index >= 15 is 0 Å². The zero-order valence-electron chi connectivity index (χ0n) is 13.2. The molecule has 1 atom stereocenters. The Balaban J connectivity index is 2.22. The molecular formula is C17H23ClN2S. The molecule has 2 rings (SSSR count). The average molecular weight is 323 g/mol. The van der Waals surface area contributed by atoms with Crippen LogP contribution in [0.4, 0.5) is 0 Å². The van der Waals surface area contributed by atoms with Crippen LogP contribution in [0.3, 0.4) is 0 Å². The van der Waals surface area contributed by atoms with Crippen molar-refractivity contribution in [2.75, 3.05) is 6.54 Å². The maximum Gasteiger partial charge on any atom is 0.0949 e. The number of benzene rings is 1. The van der Waals surface area contributed by atoms with Crippen molar-refractivity contribution in [2.24, 2.45) is 0 Å². The van der Waals surface area contributed by atoms with Crippen LogP contribution >= 0.6 is 22.9 Å². The normalized spacial score (nSPS) is 12.6. The Kier molecular flexibility index (Phi) is 5.80. The van der Waals surface area contributed by atoms with Crippen molar-refractivity contribution in [3.05, 3.63) is 49.9 Å². The maximum absolute atomic E-state index is 6.14. The summed E-state index contributed by atoms with van der Waals surface area (Å²) in [7, 11) is 0. The summed E-state index contributed by atoms with van der Waals surface area (Å²) >= 11 is 7.94. The molecule has 0 aliphatic carbocycles. The first-order chi connectivity index (χ1) is 10.0. The molecule has 0 radical (unpaired) electrons. The molecule has 1 aromatic heterocycles. The molecule has 0 bridgehead atoms. The number of aryl methyl sites for hydroxylation is 3. The van der Waals surface area contributed by atoms with Crippen molar-refractivity contribution in [1.82, 2.24) is 10.3 Å². The van der Waals surface area contributed by atoms with Crippen molar-refractivity contribution in [3.8, 4) is 0 Å². The standard InChI is InChI=1S/C17H23ClN2S/c1-5-8-19-16(10-17-20-12(3)13(4)21-17)14-6-7-15(18)11(2)9-14/h6-7,9,16,19H,5,8,10H2,1-4H3. The van der Waals surface area contributed by atoms with Gasteiger partial charge in [0.1, 0.15) is 0 Å². The molecule has 0 spiro atoms. The molecule has 2 nitrogen and oxygen atoms in total. The summed E-state index contributed by atoms with van der Waals surface area (Å²) < 4.78 is 0. The molecule has 114 valence electrons. The second-order valence-electron chi connectivity index (χ2n) is 5.47. The molecule has 4 heteroatoms. The van der Waals surface area contributed by atoms with E-state index in [1.807, 2.05) is 6.07 Å². The fraction of sp³-hybridized carbons (Fsp3) is 0.471. The highest BCUT2D eigenvalue weighted by atomic mass is 35.5. The molecule has 2 aromatic rings. The highest BCUT2D eigenvalue weighted by molar-refractivity contribution is 7.11. The summed E-state index contributed by atoms with van der Waals surface area (Å²) in [6, 6.07) is 6.59. The van der Waals surface area contributed by atoms with Crippen LogP contribution in [0.1, 0.15) is 46.1 Å². The first-order valence-corrected chi connectivity index (χ1v) is 8.63. The van der Waals surface area contributed by atoms with Crippen LogP contribution in [0.2, 0.25) is 5.02 Å². The number of hydrogen-bond acceptors (Lipinski definition) is 3. The van der Waals surface area contributed by atoms with Crippen LogP contribution in [0.15, 0.2) is 18.2 Å². The molecule has 1 heterocycles. The van der Waals surface area contributed by atoms with E-state index in [4.69, 9.17) is 11.6 Å². The largest absolute Gasteiger partial charge is 0.310 e. The number of halogens is 1. The Bertz CT molecular complexity index is 587. The Morgan fingerprint density at radius 3 is 2.62 bits per heavy atom. The number of hydrogen-bond donors (Lipinski definition) is 1. The molecule has 0 aliphatic rings.